The first-order valence-electron chi connectivity index (χ1n) is 19.2. The van der Waals surface area contributed by atoms with Crippen LogP contribution in [0.3, 0.4) is 0 Å². The number of hydrogen-bond donors (Lipinski definition) is 2. The van der Waals surface area contributed by atoms with E-state index in [1.165, 1.54) is 44.5 Å². The molecule has 8 rings (SSSR count). The highest BCUT2D eigenvalue weighted by Crippen LogP contribution is 2.38. The van der Waals surface area contributed by atoms with Crippen molar-refractivity contribution in [2.75, 3.05) is 0 Å². The van der Waals surface area contributed by atoms with Gasteiger partial charge in [-0.05, 0) is 179 Å². The summed E-state index contributed by atoms with van der Waals surface area (Å²) in [4.78, 5) is 22.0. The number of fused-ring (bicyclic) bond motifs is 2. The van der Waals surface area contributed by atoms with E-state index in [1.807, 2.05) is 48.5 Å². The zero-order valence-electron chi connectivity index (χ0n) is 31.6. The Bertz CT molecular complexity index is 2510. The van der Waals surface area contributed by atoms with E-state index in [0.29, 0.717) is 31.2 Å². The summed E-state index contributed by atoms with van der Waals surface area (Å²) in [5.74, 6) is -1.79. The number of carbonyl (C=O) groups is 2. The number of carboxylic acid groups (broad SMARTS) is 2. The van der Waals surface area contributed by atoms with Crippen LogP contribution in [0, 0.1) is 0 Å². The molecule has 0 radical (unpaired) electrons. The Kier molecular flexibility index (Phi) is 13.2. The van der Waals surface area contributed by atoms with Crippen LogP contribution in [-0.4, -0.2) is 22.2 Å². The van der Waals surface area contributed by atoms with Gasteiger partial charge in [-0.25, -0.2) is 9.59 Å². The van der Waals surface area contributed by atoms with Gasteiger partial charge in [0.1, 0.15) is 0 Å². The van der Waals surface area contributed by atoms with Crippen LogP contribution in [0.15, 0.2) is 127 Å². The smallest absolute Gasteiger partial charge is 0.335 e. The second-order valence-electron chi connectivity index (χ2n) is 14.7. The minimum atomic E-state index is -0.895. The normalized spacial score (nSPS) is 13.4. The molecule has 0 aliphatic heterocycles. The Hall–Kier alpha value is -5.10. The molecular formula is C50H40Cl4O4. The minimum absolute atomic E-state index is 0.319. The Morgan fingerprint density at radius 2 is 1.03 bits per heavy atom. The standard InChI is InChI=1S/2C25H20Cl2O2/c2*26-22-13-17(14-23(27)15-22)12-21-11-10-19-3-1-2-18(24(19)21)7-4-16-5-8-20(9-6-16)25(28)29/h1-3,5-6,8-9,12-15H,4,7,10-11H2,(H,28,29);1-3,5-6,8-9,11,13-15H,4,7,10,12H2,(H,28,29)/b21-12+;. The van der Waals surface area contributed by atoms with Crippen molar-refractivity contribution in [1.29, 1.82) is 0 Å². The molecule has 0 bridgehead atoms. The van der Waals surface area contributed by atoms with Gasteiger partial charge in [0.15, 0.2) is 0 Å². The second kappa shape index (κ2) is 18.7. The first-order chi connectivity index (χ1) is 28.0. The molecular weight excluding hydrogens is 806 g/mol. The lowest BCUT2D eigenvalue weighted by atomic mass is 9.91. The van der Waals surface area contributed by atoms with Crippen LogP contribution in [0.2, 0.25) is 20.1 Å². The molecule has 0 saturated heterocycles. The topological polar surface area (TPSA) is 74.6 Å². The minimum Gasteiger partial charge on any atom is -0.478 e. The SMILES string of the molecule is O=C(O)c1ccc(CCc2cccc3c2/C(=C/c2cc(Cl)cc(Cl)c2)CC3)cc1.O=C(O)c1ccc(CCc2cccc3c2C(Cc2cc(Cl)cc(Cl)c2)=CC3)cc1. The summed E-state index contributed by atoms with van der Waals surface area (Å²) >= 11 is 24.7. The van der Waals surface area contributed by atoms with Gasteiger partial charge >= 0.3 is 11.9 Å². The molecule has 2 aliphatic rings. The van der Waals surface area contributed by atoms with Crippen molar-refractivity contribution in [2.24, 2.45) is 0 Å². The number of aryl methyl sites for hydroxylation is 5. The molecule has 2 N–H and O–H groups in total. The van der Waals surface area contributed by atoms with Crippen molar-refractivity contribution in [3.05, 3.63) is 214 Å². The quantitative estimate of drug-likeness (QED) is 0.136. The molecule has 0 saturated carbocycles. The van der Waals surface area contributed by atoms with Gasteiger partial charge in [-0.3, -0.25) is 0 Å². The van der Waals surface area contributed by atoms with Gasteiger partial charge in [-0.2, -0.15) is 0 Å². The first-order valence-corrected chi connectivity index (χ1v) is 20.7. The Morgan fingerprint density at radius 3 is 1.57 bits per heavy atom. The van der Waals surface area contributed by atoms with E-state index in [9.17, 15) is 9.59 Å². The predicted octanol–water partition coefficient (Wildman–Crippen LogP) is 13.6. The predicted molar refractivity (Wildman–Crippen MR) is 239 cm³/mol. The Labute approximate surface area is 359 Å². The van der Waals surface area contributed by atoms with Crippen molar-refractivity contribution in [3.63, 3.8) is 0 Å². The van der Waals surface area contributed by atoms with E-state index in [4.69, 9.17) is 56.6 Å². The van der Waals surface area contributed by atoms with Crippen molar-refractivity contribution in [2.45, 2.75) is 51.4 Å². The zero-order valence-corrected chi connectivity index (χ0v) is 34.6. The maximum atomic E-state index is 11.0. The molecule has 0 unspecified atom stereocenters. The highest BCUT2D eigenvalue weighted by Gasteiger charge is 2.21. The number of allylic oxidation sites excluding steroid dienone is 3. The third-order valence-corrected chi connectivity index (χ3v) is 11.5. The highest BCUT2D eigenvalue weighted by molar-refractivity contribution is 6.35. The largest absolute Gasteiger partial charge is 0.478 e. The van der Waals surface area contributed by atoms with Gasteiger partial charge in [0, 0.05) is 20.1 Å². The molecule has 2 aliphatic carbocycles. The molecule has 0 fully saturated rings. The fraction of sp³-hybridized carbons (Fsp3) is 0.160. The summed E-state index contributed by atoms with van der Waals surface area (Å²) in [6.07, 6.45) is 11.8. The van der Waals surface area contributed by atoms with Crippen LogP contribution in [0.1, 0.15) is 82.8 Å². The lowest BCUT2D eigenvalue weighted by Gasteiger charge is -2.13. The van der Waals surface area contributed by atoms with Crippen LogP contribution in [0.5, 0.6) is 0 Å². The molecule has 0 amide bonds. The molecule has 292 valence electrons. The van der Waals surface area contributed by atoms with Crippen LogP contribution in [0.25, 0.3) is 17.2 Å². The van der Waals surface area contributed by atoms with Gasteiger partial charge in [-0.15, -0.1) is 0 Å². The lowest BCUT2D eigenvalue weighted by Crippen LogP contribution is -2.00. The van der Waals surface area contributed by atoms with Gasteiger partial charge in [0.2, 0.25) is 0 Å². The third kappa shape index (κ3) is 10.3. The van der Waals surface area contributed by atoms with Gasteiger partial charge in [-0.1, -0.05) is 119 Å². The first kappa shape index (κ1) is 41.1. The molecule has 0 aromatic heterocycles. The van der Waals surface area contributed by atoms with Crippen molar-refractivity contribution in [1.82, 2.24) is 0 Å². The monoisotopic (exact) mass is 844 g/mol. The van der Waals surface area contributed by atoms with E-state index in [2.05, 4.69) is 48.6 Å². The lowest BCUT2D eigenvalue weighted by molar-refractivity contribution is 0.0686. The fourth-order valence-electron chi connectivity index (χ4n) is 7.94. The molecule has 0 atom stereocenters. The summed E-state index contributed by atoms with van der Waals surface area (Å²) in [5.41, 5.74) is 15.7. The summed E-state index contributed by atoms with van der Waals surface area (Å²) in [6.45, 7) is 0. The number of aromatic carboxylic acids is 2. The molecule has 0 heterocycles. The van der Waals surface area contributed by atoms with E-state index >= 15 is 0 Å². The van der Waals surface area contributed by atoms with E-state index in [0.717, 1.165) is 73.6 Å². The molecule has 6 aromatic carbocycles. The maximum Gasteiger partial charge on any atom is 0.335 e. The summed E-state index contributed by atoms with van der Waals surface area (Å²) in [7, 11) is 0. The highest BCUT2D eigenvalue weighted by atomic mass is 35.5. The summed E-state index contributed by atoms with van der Waals surface area (Å²) in [6, 6.07) is 38.6. The van der Waals surface area contributed by atoms with Crippen LogP contribution >= 0.6 is 46.4 Å². The van der Waals surface area contributed by atoms with Gasteiger partial charge < -0.3 is 10.2 Å². The van der Waals surface area contributed by atoms with Crippen LogP contribution in [0.4, 0.5) is 0 Å². The molecule has 58 heavy (non-hydrogen) atoms. The van der Waals surface area contributed by atoms with Crippen molar-refractivity contribution < 1.29 is 19.8 Å². The molecule has 8 heteroatoms. The van der Waals surface area contributed by atoms with Crippen LogP contribution < -0.4 is 0 Å². The summed E-state index contributed by atoms with van der Waals surface area (Å²) < 4.78 is 0. The van der Waals surface area contributed by atoms with E-state index in [1.54, 1.807) is 36.4 Å². The Balaban J connectivity index is 0.000000177. The van der Waals surface area contributed by atoms with Crippen LogP contribution in [-0.2, 0) is 44.9 Å². The van der Waals surface area contributed by atoms with Crippen molar-refractivity contribution >= 4 is 75.6 Å². The average molecular weight is 847 g/mol. The number of halogens is 4. The number of rotatable bonds is 11. The number of carboxylic acids is 2. The maximum absolute atomic E-state index is 11.0. The molecule has 4 nitrogen and oxygen atoms in total. The van der Waals surface area contributed by atoms with Gasteiger partial charge in [0.05, 0.1) is 11.1 Å². The van der Waals surface area contributed by atoms with Gasteiger partial charge in [0.25, 0.3) is 0 Å². The number of benzene rings is 6. The molecule has 0 spiro atoms. The van der Waals surface area contributed by atoms with E-state index < -0.39 is 11.9 Å². The number of hydrogen-bond acceptors (Lipinski definition) is 2. The van der Waals surface area contributed by atoms with Crippen molar-refractivity contribution in [3.8, 4) is 0 Å². The van der Waals surface area contributed by atoms with E-state index in [-0.39, 0.29) is 0 Å². The zero-order chi connectivity index (χ0) is 40.8. The molecule has 6 aromatic rings. The second-order valence-corrected chi connectivity index (χ2v) is 16.4. The Morgan fingerprint density at radius 1 is 0.534 bits per heavy atom. The fourth-order valence-corrected chi connectivity index (χ4v) is 9.05. The average Bonchev–Trinajstić information content (AvgIpc) is 3.80. The summed E-state index contributed by atoms with van der Waals surface area (Å²) in [5, 5.41) is 20.7. The third-order valence-electron chi connectivity index (χ3n) is 10.7.